The van der Waals surface area contributed by atoms with Crippen LogP contribution in [0.5, 0.6) is 0 Å². The lowest BCUT2D eigenvalue weighted by Gasteiger charge is -2.35. The number of rotatable bonds is 2. The topological polar surface area (TPSA) is 76.4 Å². The zero-order valence-electron chi connectivity index (χ0n) is 13.7. The Morgan fingerprint density at radius 2 is 1.68 bits per heavy atom. The molecule has 2 amide bonds. The summed E-state index contributed by atoms with van der Waals surface area (Å²) in [6.45, 7) is 2.37. The molecule has 6 nitrogen and oxygen atoms in total. The van der Waals surface area contributed by atoms with Gasteiger partial charge in [-0.15, -0.1) is 0 Å². The van der Waals surface area contributed by atoms with Gasteiger partial charge < -0.3 is 15.1 Å². The van der Waals surface area contributed by atoms with Crippen molar-refractivity contribution in [3.8, 4) is 6.07 Å². The molecule has 0 aromatic heterocycles. The molecule has 0 unspecified atom stereocenters. The Kier molecular flexibility index (Phi) is 4.95. The molecule has 0 saturated carbocycles. The van der Waals surface area contributed by atoms with E-state index in [0.717, 1.165) is 5.69 Å². The van der Waals surface area contributed by atoms with Crippen LogP contribution < -0.4 is 10.2 Å². The fraction of sp³-hybridized carbons (Fsp3) is 0.211. The Hall–Kier alpha value is -3.33. The van der Waals surface area contributed by atoms with Crippen LogP contribution in [0.4, 0.5) is 11.4 Å². The summed E-state index contributed by atoms with van der Waals surface area (Å²) >= 11 is 0. The zero-order chi connectivity index (χ0) is 17.6. The van der Waals surface area contributed by atoms with Crippen molar-refractivity contribution < 1.29 is 9.59 Å². The van der Waals surface area contributed by atoms with Gasteiger partial charge in [-0.3, -0.25) is 9.59 Å². The Morgan fingerprint density at radius 1 is 0.960 bits per heavy atom. The molecule has 1 aliphatic heterocycles. The van der Waals surface area contributed by atoms with E-state index in [1.165, 1.54) is 0 Å². The molecule has 1 aliphatic rings. The van der Waals surface area contributed by atoms with Crippen LogP contribution in [0.1, 0.15) is 5.56 Å². The molecular formula is C19H18N4O2. The van der Waals surface area contributed by atoms with E-state index < -0.39 is 11.8 Å². The number of carbonyl (C=O) groups is 2. The zero-order valence-corrected chi connectivity index (χ0v) is 13.7. The van der Waals surface area contributed by atoms with Crippen LogP contribution >= 0.6 is 0 Å². The van der Waals surface area contributed by atoms with Gasteiger partial charge in [-0.25, -0.2) is 0 Å². The monoisotopic (exact) mass is 334 g/mol. The fourth-order valence-electron chi connectivity index (χ4n) is 2.80. The average molecular weight is 334 g/mol. The van der Waals surface area contributed by atoms with Crippen LogP contribution in [0.25, 0.3) is 0 Å². The Bertz CT molecular complexity index is 806. The normalized spacial score (nSPS) is 13.9. The number of hydrogen-bond acceptors (Lipinski definition) is 4. The maximum absolute atomic E-state index is 12.3. The highest BCUT2D eigenvalue weighted by Gasteiger charge is 2.26. The lowest BCUT2D eigenvalue weighted by Crippen LogP contribution is -2.51. The molecule has 0 aliphatic carbocycles. The van der Waals surface area contributed by atoms with Gasteiger partial charge in [0.1, 0.15) is 0 Å². The standard InChI is InChI=1S/C19H18N4O2/c20-14-15-5-4-6-16(13-15)21-18(24)19(25)23-11-9-22(10-12-23)17-7-2-1-3-8-17/h1-8,13H,9-12H2,(H,21,24). The van der Waals surface area contributed by atoms with E-state index in [4.69, 9.17) is 5.26 Å². The summed E-state index contributed by atoms with van der Waals surface area (Å²) < 4.78 is 0. The molecule has 0 spiro atoms. The molecule has 2 aromatic rings. The van der Waals surface area contributed by atoms with Crippen molar-refractivity contribution in [1.82, 2.24) is 4.90 Å². The summed E-state index contributed by atoms with van der Waals surface area (Å²) in [4.78, 5) is 28.2. The summed E-state index contributed by atoms with van der Waals surface area (Å²) in [5.41, 5.74) is 1.99. The molecule has 6 heteroatoms. The second-order valence-electron chi connectivity index (χ2n) is 5.76. The van der Waals surface area contributed by atoms with E-state index >= 15 is 0 Å². The van der Waals surface area contributed by atoms with Crippen LogP contribution in [0, 0.1) is 11.3 Å². The second kappa shape index (κ2) is 7.49. The lowest BCUT2D eigenvalue weighted by molar-refractivity contribution is -0.143. The van der Waals surface area contributed by atoms with E-state index in [2.05, 4.69) is 10.2 Å². The van der Waals surface area contributed by atoms with Crippen LogP contribution in [0.15, 0.2) is 54.6 Å². The number of anilines is 2. The Labute approximate surface area is 146 Å². The number of piperazine rings is 1. The summed E-state index contributed by atoms with van der Waals surface area (Å²) in [6.07, 6.45) is 0. The Morgan fingerprint density at radius 3 is 2.36 bits per heavy atom. The first-order chi connectivity index (χ1) is 12.2. The van der Waals surface area contributed by atoms with Gasteiger partial charge >= 0.3 is 11.8 Å². The third-order valence-corrected chi connectivity index (χ3v) is 4.13. The number of para-hydroxylation sites is 1. The van der Waals surface area contributed by atoms with Crippen molar-refractivity contribution in [2.45, 2.75) is 0 Å². The molecule has 0 atom stereocenters. The Balaban J connectivity index is 1.57. The number of nitriles is 1. The van der Waals surface area contributed by atoms with Gasteiger partial charge in [-0.05, 0) is 30.3 Å². The highest BCUT2D eigenvalue weighted by Crippen LogP contribution is 2.16. The highest BCUT2D eigenvalue weighted by molar-refractivity contribution is 6.39. The molecular weight excluding hydrogens is 316 g/mol. The minimum absolute atomic E-state index is 0.432. The predicted octanol–water partition coefficient (Wildman–Crippen LogP) is 1.85. The number of amides is 2. The molecule has 3 rings (SSSR count). The van der Waals surface area contributed by atoms with Crippen LogP contribution in [-0.4, -0.2) is 42.9 Å². The van der Waals surface area contributed by atoms with E-state index in [0.29, 0.717) is 37.4 Å². The minimum atomic E-state index is -0.678. The van der Waals surface area contributed by atoms with Gasteiger partial charge in [-0.1, -0.05) is 24.3 Å². The maximum Gasteiger partial charge on any atom is 0.313 e. The van der Waals surface area contributed by atoms with Crippen LogP contribution in [0.3, 0.4) is 0 Å². The van der Waals surface area contributed by atoms with Gasteiger partial charge in [0.05, 0.1) is 11.6 Å². The van der Waals surface area contributed by atoms with Crippen LogP contribution in [0.2, 0.25) is 0 Å². The molecule has 1 saturated heterocycles. The van der Waals surface area contributed by atoms with Gasteiger partial charge in [0.2, 0.25) is 0 Å². The molecule has 25 heavy (non-hydrogen) atoms. The molecule has 0 bridgehead atoms. The summed E-state index contributed by atoms with van der Waals surface area (Å²) in [5.74, 6) is -1.22. The summed E-state index contributed by atoms with van der Waals surface area (Å²) in [5, 5.41) is 11.4. The molecule has 1 N–H and O–H groups in total. The SMILES string of the molecule is N#Cc1cccc(NC(=O)C(=O)N2CCN(c3ccccc3)CC2)c1. The third kappa shape index (κ3) is 3.96. The third-order valence-electron chi connectivity index (χ3n) is 4.13. The largest absolute Gasteiger partial charge is 0.368 e. The maximum atomic E-state index is 12.3. The lowest BCUT2D eigenvalue weighted by atomic mass is 10.2. The highest BCUT2D eigenvalue weighted by atomic mass is 16.2. The average Bonchev–Trinajstić information content (AvgIpc) is 2.68. The van der Waals surface area contributed by atoms with Crippen molar-refractivity contribution >= 4 is 23.2 Å². The van der Waals surface area contributed by atoms with Crippen LogP contribution in [-0.2, 0) is 9.59 Å². The first kappa shape index (κ1) is 16.5. The number of nitrogens with one attached hydrogen (secondary N) is 1. The van der Waals surface area contributed by atoms with Crippen molar-refractivity contribution in [2.24, 2.45) is 0 Å². The summed E-state index contributed by atoms with van der Waals surface area (Å²) in [7, 11) is 0. The number of benzene rings is 2. The smallest absolute Gasteiger partial charge is 0.313 e. The number of nitrogens with zero attached hydrogens (tertiary/aromatic N) is 3. The number of hydrogen-bond donors (Lipinski definition) is 1. The van der Waals surface area contributed by atoms with Gasteiger partial charge in [0.25, 0.3) is 0 Å². The van der Waals surface area contributed by atoms with Gasteiger partial charge in [0.15, 0.2) is 0 Å². The van der Waals surface area contributed by atoms with Crippen molar-refractivity contribution in [1.29, 1.82) is 5.26 Å². The van der Waals surface area contributed by atoms with E-state index in [9.17, 15) is 9.59 Å². The van der Waals surface area contributed by atoms with Gasteiger partial charge in [-0.2, -0.15) is 5.26 Å². The van der Waals surface area contributed by atoms with Gasteiger partial charge in [0, 0.05) is 37.6 Å². The first-order valence-electron chi connectivity index (χ1n) is 8.08. The van der Waals surface area contributed by atoms with Crippen molar-refractivity contribution in [2.75, 3.05) is 36.4 Å². The number of carbonyl (C=O) groups excluding carboxylic acids is 2. The fourth-order valence-corrected chi connectivity index (χ4v) is 2.80. The van der Waals surface area contributed by atoms with E-state index in [1.54, 1.807) is 29.2 Å². The van der Waals surface area contributed by atoms with Crippen molar-refractivity contribution in [3.63, 3.8) is 0 Å². The first-order valence-corrected chi connectivity index (χ1v) is 8.08. The second-order valence-corrected chi connectivity index (χ2v) is 5.76. The minimum Gasteiger partial charge on any atom is -0.368 e. The van der Waals surface area contributed by atoms with Crippen molar-refractivity contribution in [3.05, 3.63) is 60.2 Å². The molecule has 0 radical (unpaired) electrons. The molecule has 2 aromatic carbocycles. The molecule has 1 heterocycles. The molecule has 1 fully saturated rings. The quantitative estimate of drug-likeness (QED) is 0.850. The van der Waals surface area contributed by atoms with E-state index in [1.807, 2.05) is 36.4 Å². The summed E-state index contributed by atoms with van der Waals surface area (Å²) in [6, 6.07) is 18.5. The predicted molar refractivity (Wildman–Crippen MR) is 95.0 cm³/mol. The molecule has 126 valence electrons. The van der Waals surface area contributed by atoms with E-state index in [-0.39, 0.29) is 0 Å².